The average molecular weight is 515 g/mol. The number of nitrogens with zero attached hydrogens (tertiary/aromatic N) is 4. The van der Waals surface area contributed by atoms with Gasteiger partial charge >= 0.3 is 5.97 Å². The predicted molar refractivity (Wildman–Crippen MR) is 141 cm³/mol. The van der Waals surface area contributed by atoms with Crippen molar-refractivity contribution in [2.24, 2.45) is 0 Å². The Hall–Kier alpha value is -2.30. The van der Waals surface area contributed by atoms with Gasteiger partial charge in [-0.3, -0.25) is 4.90 Å². The van der Waals surface area contributed by atoms with E-state index in [0.717, 1.165) is 66.9 Å². The highest BCUT2D eigenvalue weighted by atomic mass is 35.5. The van der Waals surface area contributed by atoms with Gasteiger partial charge < -0.3 is 15.1 Å². The number of carbonyl (C=O) groups is 1. The highest BCUT2D eigenvalue weighted by molar-refractivity contribution is 7.22. The third-order valence-corrected chi connectivity index (χ3v) is 7.91. The third kappa shape index (κ3) is 5.92. The lowest BCUT2D eigenvalue weighted by Crippen LogP contribution is -2.50. The summed E-state index contributed by atoms with van der Waals surface area (Å²) in [5.41, 5.74) is 4.01. The molecule has 0 bridgehead atoms. The number of benzene rings is 1. The van der Waals surface area contributed by atoms with E-state index >= 15 is 0 Å². The first-order valence-corrected chi connectivity index (χ1v) is 13.4. The maximum absolute atomic E-state index is 12.6. The zero-order valence-corrected chi connectivity index (χ0v) is 21.7. The Morgan fingerprint density at radius 3 is 2.97 bits per heavy atom. The van der Waals surface area contributed by atoms with Gasteiger partial charge in [-0.25, -0.2) is 14.8 Å². The highest BCUT2D eigenvalue weighted by Crippen LogP contribution is 2.37. The van der Waals surface area contributed by atoms with Crippen LogP contribution in [0.15, 0.2) is 30.5 Å². The van der Waals surface area contributed by atoms with Gasteiger partial charge in [0.1, 0.15) is 5.69 Å². The smallest absolute Gasteiger partial charge is 0.357 e. The van der Waals surface area contributed by atoms with Crippen molar-refractivity contribution in [2.75, 3.05) is 45.1 Å². The van der Waals surface area contributed by atoms with E-state index in [2.05, 4.69) is 39.6 Å². The van der Waals surface area contributed by atoms with E-state index in [-0.39, 0.29) is 12.0 Å². The zero-order valence-electron chi connectivity index (χ0n) is 20.1. The van der Waals surface area contributed by atoms with Crippen molar-refractivity contribution in [3.05, 3.63) is 41.0 Å². The molecule has 1 aliphatic heterocycles. The van der Waals surface area contributed by atoms with Crippen LogP contribution in [0.1, 0.15) is 36.5 Å². The van der Waals surface area contributed by atoms with Gasteiger partial charge in [0.25, 0.3) is 0 Å². The van der Waals surface area contributed by atoms with E-state index in [1.54, 1.807) is 23.6 Å². The summed E-state index contributed by atoms with van der Waals surface area (Å²) in [6.45, 7) is 7.47. The van der Waals surface area contributed by atoms with Crippen molar-refractivity contribution >= 4 is 44.9 Å². The number of nitrogens with one attached hydrogen (secondary N) is 2. The van der Waals surface area contributed by atoms with Crippen LogP contribution in [-0.4, -0.2) is 77.6 Å². The molecule has 35 heavy (non-hydrogen) atoms. The number of halogens is 1. The maximum atomic E-state index is 12.6. The van der Waals surface area contributed by atoms with Gasteiger partial charge in [-0.1, -0.05) is 17.7 Å². The predicted octanol–water partition coefficient (Wildman–Crippen LogP) is 4.27. The summed E-state index contributed by atoms with van der Waals surface area (Å²) < 4.78 is 0.978. The fourth-order valence-electron chi connectivity index (χ4n) is 4.37. The van der Waals surface area contributed by atoms with Crippen molar-refractivity contribution in [1.29, 1.82) is 0 Å². The van der Waals surface area contributed by atoms with Crippen LogP contribution in [0.3, 0.4) is 0 Å². The molecule has 2 aromatic heterocycles. The molecule has 1 aromatic carbocycles. The van der Waals surface area contributed by atoms with Crippen LogP contribution in [0, 0.1) is 0 Å². The lowest BCUT2D eigenvalue weighted by Gasteiger charge is -2.38. The molecule has 1 saturated carbocycles. The Balaban J connectivity index is 1.25. The SMILES string of the molecule is CC1CN(C)CCN1CCCNc1ncc(Cl)c(-c2cc3c(C(=O)ONC4CC4)cccc3s2)n1. The number of likely N-dealkylation sites (N-methyl/N-ethyl adjacent to an activating group) is 1. The molecule has 0 radical (unpaired) electrons. The van der Waals surface area contributed by atoms with E-state index < -0.39 is 0 Å². The summed E-state index contributed by atoms with van der Waals surface area (Å²) in [5, 5.41) is 4.66. The molecule has 186 valence electrons. The Labute approximate surface area is 214 Å². The van der Waals surface area contributed by atoms with E-state index in [1.807, 2.05) is 18.2 Å². The lowest BCUT2D eigenvalue weighted by molar-refractivity contribution is 0.0238. The monoisotopic (exact) mass is 514 g/mol. The van der Waals surface area contributed by atoms with E-state index in [1.165, 1.54) is 0 Å². The molecule has 2 N–H and O–H groups in total. The molecule has 10 heteroatoms. The quantitative estimate of drug-likeness (QED) is 0.323. The molecule has 3 heterocycles. The summed E-state index contributed by atoms with van der Waals surface area (Å²) in [6, 6.07) is 8.46. The molecular weight excluding hydrogens is 484 g/mol. The van der Waals surface area contributed by atoms with Gasteiger partial charge in [0, 0.05) is 54.9 Å². The number of anilines is 1. The van der Waals surface area contributed by atoms with Gasteiger partial charge in [0.15, 0.2) is 0 Å². The average Bonchev–Trinajstić information content (AvgIpc) is 3.58. The number of thiophene rings is 1. The number of carbonyl (C=O) groups excluding carboxylic acids is 1. The summed E-state index contributed by atoms with van der Waals surface area (Å²) in [7, 11) is 2.18. The highest BCUT2D eigenvalue weighted by Gasteiger charge is 2.24. The first-order chi connectivity index (χ1) is 17.0. The normalized spacial score (nSPS) is 19.2. The fourth-order valence-corrected chi connectivity index (χ4v) is 5.71. The molecule has 2 fully saturated rings. The van der Waals surface area contributed by atoms with Crippen LogP contribution in [0.25, 0.3) is 20.7 Å². The molecule has 1 atom stereocenters. The van der Waals surface area contributed by atoms with Crippen molar-refractivity contribution < 1.29 is 9.63 Å². The topological polar surface area (TPSA) is 82.6 Å². The minimum atomic E-state index is -0.377. The molecule has 0 spiro atoms. The number of aromatic nitrogens is 2. The van der Waals surface area contributed by atoms with E-state index in [4.69, 9.17) is 21.4 Å². The Morgan fingerprint density at radius 1 is 1.31 bits per heavy atom. The summed E-state index contributed by atoms with van der Waals surface area (Å²) >= 11 is 8.03. The van der Waals surface area contributed by atoms with Crippen molar-refractivity contribution in [3.8, 4) is 10.6 Å². The first-order valence-electron chi connectivity index (χ1n) is 12.2. The Kier molecular flexibility index (Phi) is 7.50. The number of rotatable bonds is 9. The molecule has 1 aliphatic carbocycles. The van der Waals surface area contributed by atoms with Gasteiger partial charge in [0.2, 0.25) is 5.95 Å². The Morgan fingerprint density at radius 2 is 2.17 bits per heavy atom. The van der Waals surface area contributed by atoms with Crippen molar-refractivity contribution in [2.45, 2.75) is 38.3 Å². The number of hydroxylamine groups is 1. The van der Waals surface area contributed by atoms with Gasteiger partial charge in [-0.2, -0.15) is 0 Å². The number of hydrogen-bond acceptors (Lipinski definition) is 9. The van der Waals surface area contributed by atoms with Crippen LogP contribution in [0.5, 0.6) is 0 Å². The van der Waals surface area contributed by atoms with Crippen LogP contribution in [0.2, 0.25) is 5.02 Å². The van der Waals surface area contributed by atoms with Gasteiger partial charge in [-0.15, -0.1) is 16.8 Å². The van der Waals surface area contributed by atoms with Crippen LogP contribution < -0.4 is 10.8 Å². The summed E-state index contributed by atoms with van der Waals surface area (Å²) in [5.74, 6) is 0.180. The molecule has 8 nitrogen and oxygen atoms in total. The standard InChI is InChI=1S/C25H31ClN6O2S/c1-16-15-31(2)11-12-32(16)10-4-9-27-25-28-14-20(26)23(29-25)22-13-19-18(5-3-6-21(19)35-22)24(33)34-30-17-7-8-17/h3,5-6,13-14,16-17,30H,4,7-12,15H2,1-2H3,(H,27,28,29). The lowest BCUT2D eigenvalue weighted by atomic mass is 10.1. The van der Waals surface area contributed by atoms with E-state index in [9.17, 15) is 4.79 Å². The zero-order chi connectivity index (χ0) is 24.4. The molecular formula is C25H31ClN6O2S. The second kappa shape index (κ2) is 10.8. The maximum Gasteiger partial charge on any atom is 0.357 e. The molecule has 3 aromatic rings. The van der Waals surface area contributed by atoms with Gasteiger partial charge in [-0.05, 0) is 51.4 Å². The number of hydrogen-bond donors (Lipinski definition) is 2. The minimum Gasteiger partial charge on any atom is -0.366 e. The molecule has 0 amide bonds. The number of fused-ring (bicyclic) bond motifs is 1. The van der Waals surface area contributed by atoms with Crippen LogP contribution in [0.4, 0.5) is 5.95 Å². The molecule has 2 aliphatic rings. The summed E-state index contributed by atoms with van der Waals surface area (Å²) in [4.78, 5) is 32.8. The largest absolute Gasteiger partial charge is 0.366 e. The number of piperazine rings is 1. The van der Waals surface area contributed by atoms with Crippen molar-refractivity contribution in [1.82, 2.24) is 25.2 Å². The third-order valence-electron chi connectivity index (χ3n) is 6.53. The molecule has 5 rings (SSSR count). The van der Waals surface area contributed by atoms with Crippen molar-refractivity contribution in [3.63, 3.8) is 0 Å². The van der Waals surface area contributed by atoms with Gasteiger partial charge in [0.05, 0.1) is 21.7 Å². The second-order valence-electron chi connectivity index (χ2n) is 9.43. The fraction of sp³-hybridized carbons (Fsp3) is 0.480. The van der Waals surface area contributed by atoms with E-state index in [0.29, 0.717) is 28.3 Å². The molecule has 1 unspecified atom stereocenters. The van der Waals surface area contributed by atoms with Crippen LogP contribution in [-0.2, 0) is 4.84 Å². The van der Waals surface area contributed by atoms with Crippen LogP contribution >= 0.6 is 22.9 Å². The minimum absolute atomic E-state index is 0.284. The second-order valence-corrected chi connectivity index (χ2v) is 10.9. The molecule has 1 saturated heterocycles. The summed E-state index contributed by atoms with van der Waals surface area (Å²) in [6.07, 6.45) is 4.72. The first kappa shape index (κ1) is 24.4. The Bertz CT molecular complexity index is 1200.